The number of anilines is 1. The van der Waals surface area contributed by atoms with Gasteiger partial charge in [-0.1, -0.05) is 0 Å². The Morgan fingerprint density at radius 2 is 2.21 bits per heavy atom. The average Bonchev–Trinajstić information content (AvgIpc) is 2.56. The van der Waals surface area contributed by atoms with Crippen molar-refractivity contribution >= 4 is 29.2 Å². The van der Waals surface area contributed by atoms with Gasteiger partial charge in [-0.15, -0.1) is 0 Å². The second kappa shape index (κ2) is 9.45. The summed E-state index contributed by atoms with van der Waals surface area (Å²) < 4.78 is 10.3. The van der Waals surface area contributed by atoms with Gasteiger partial charge in [-0.25, -0.2) is 14.8 Å². The number of rotatable bonds is 6. The van der Waals surface area contributed by atoms with E-state index in [0.717, 1.165) is 39.4 Å². The summed E-state index contributed by atoms with van der Waals surface area (Å²) in [7, 11) is 0. The van der Waals surface area contributed by atoms with Crippen LogP contribution in [-0.2, 0) is 9.47 Å². The molecule has 0 aliphatic carbocycles. The molecule has 2 N–H and O–H groups in total. The molecule has 1 fully saturated rings. The first kappa shape index (κ1) is 18.5. The molecule has 2 rings (SSSR count). The van der Waals surface area contributed by atoms with Crippen LogP contribution in [0.4, 0.5) is 5.95 Å². The number of ether oxygens (including phenoxy) is 2. The third-order valence-corrected chi connectivity index (χ3v) is 3.76. The van der Waals surface area contributed by atoms with E-state index < -0.39 is 5.97 Å². The Morgan fingerprint density at radius 3 is 2.88 bits per heavy atom. The number of aryl methyl sites for hydroxylation is 1. The van der Waals surface area contributed by atoms with Crippen molar-refractivity contribution in [3.8, 4) is 0 Å². The minimum absolute atomic E-state index is 0.315. The van der Waals surface area contributed by atoms with E-state index in [4.69, 9.17) is 21.7 Å². The van der Waals surface area contributed by atoms with Crippen molar-refractivity contribution in [3.63, 3.8) is 0 Å². The van der Waals surface area contributed by atoms with Gasteiger partial charge in [0.1, 0.15) is 0 Å². The van der Waals surface area contributed by atoms with Gasteiger partial charge in [-0.3, -0.25) is 4.90 Å². The van der Waals surface area contributed by atoms with E-state index in [-0.39, 0.29) is 0 Å². The number of carbonyl (C=O) groups is 1. The summed E-state index contributed by atoms with van der Waals surface area (Å²) in [5.74, 6) is -0.0721. The number of carbonyl (C=O) groups excluding carboxylic acids is 1. The van der Waals surface area contributed by atoms with Crippen molar-refractivity contribution in [2.24, 2.45) is 0 Å². The molecule has 0 atom stereocenters. The molecule has 0 unspecified atom stereocenters. The van der Waals surface area contributed by atoms with Gasteiger partial charge in [-0.2, -0.15) is 0 Å². The maximum absolute atomic E-state index is 11.7. The van der Waals surface area contributed by atoms with Gasteiger partial charge in [0, 0.05) is 32.4 Å². The smallest absolute Gasteiger partial charge is 0.341 e. The van der Waals surface area contributed by atoms with Crippen molar-refractivity contribution in [2.75, 3.05) is 51.3 Å². The zero-order chi connectivity index (χ0) is 17.4. The molecule has 9 heteroatoms. The number of hydrogen-bond acceptors (Lipinski definition) is 7. The number of aromatic nitrogens is 2. The molecule has 0 bridgehead atoms. The zero-order valence-corrected chi connectivity index (χ0v) is 14.8. The maximum Gasteiger partial charge on any atom is 0.341 e. The standard InChI is InChI=1S/C15H23N5O3S/c1-3-23-13(21)12-10-17-14(18-11(12)2)19-15(24)16-4-5-20-6-8-22-9-7-20/h10H,3-9H2,1-2H3,(H2,16,17,18,19,24). The predicted octanol–water partition coefficient (Wildman–Crippen LogP) is 0.580. The van der Waals surface area contributed by atoms with Crippen LogP contribution in [0.15, 0.2) is 6.20 Å². The normalized spacial score (nSPS) is 14.9. The van der Waals surface area contributed by atoms with E-state index >= 15 is 0 Å². The van der Waals surface area contributed by atoms with Crippen molar-refractivity contribution < 1.29 is 14.3 Å². The zero-order valence-electron chi connectivity index (χ0n) is 14.0. The fourth-order valence-electron chi connectivity index (χ4n) is 2.23. The fraction of sp³-hybridized carbons (Fsp3) is 0.600. The summed E-state index contributed by atoms with van der Waals surface area (Å²) in [4.78, 5) is 22.4. The molecule has 1 aromatic rings. The van der Waals surface area contributed by atoms with Crippen LogP contribution in [0, 0.1) is 6.92 Å². The first-order valence-electron chi connectivity index (χ1n) is 7.96. The number of morpholine rings is 1. The van der Waals surface area contributed by atoms with E-state index in [2.05, 4.69) is 25.5 Å². The van der Waals surface area contributed by atoms with Crippen LogP contribution in [0.1, 0.15) is 23.0 Å². The SMILES string of the molecule is CCOC(=O)c1cnc(NC(=S)NCCN2CCOCC2)nc1C. The number of nitrogens with zero attached hydrogens (tertiary/aromatic N) is 3. The highest BCUT2D eigenvalue weighted by Crippen LogP contribution is 2.08. The van der Waals surface area contributed by atoms with E-state index in [1.165, 1.54) is 6.20 Å². The Hall–Kier alpha value is -1.84. The largest absolute Gasteiger partial charge is 0.462 e. The van der Waals surface area contributed by atoms with E-state index in [9.17, 15) is 4.79 Å². The molecular weight excluding hydrogens is 330 g/mol. The third-order valence-electron chi connectivity index (χ3n) is 3.52. The Morgan fingerprint density at radius 1 is 1.46 bits per heavy atom. The summed E-state index contributed by atoms with van der Waals surface area (Å²) in [5.41, 5.74) is 0.899. The van der Waals surface area contributed by atoms with Crippen LogP contribution in [0.25, 0.3) is 0 Å². The van der Waals surface area contributed by atoms with Crippen molar-refractivity contribution in [1.82, 2.24) is 20.2 Å². The van der Waals surface area contributed by atoms with Crippen LogP contribution in [0.5, 0.6) is 0 Å². The minimum atomic E-state index is -0.423. The summed E-state index contributed by atoms with van der Waals surface area (Å²) in [6.07, 6.45) is 1.44. The molecule has 1 aromatic heterocycles. The molecule has 0 saturated carbocycles. The van der Waals surface area contributed by atoms with Crippen LogP contribution in [-0.4, -0.2) is 71.9 Å². The molecule has 1 aliphatic rings. The number of hydrogen-bond donors (Lipinski definition) is 2. The second-order valence-electron chi connectivity index (χ2n) is 5.25. The van der Waals surface area contributed by atoms with Crippen LogP contribution in [0.2, 0.25) is 0 Å². The molecule has 2 heterocycles. The topological polar surface area (TPSA) is 88.6 Å². The molecule has 0 amide bonds. The average molecular weight is 353 g/mol. The summed E-state index contributed by atoms with van der Waals surface area (Å²) in [5, 5.41) is 6.49. The highest BCUT2D eigenvalue weighted by atomic mass is 32.1. The lowest BCUT2D eigenvalue weighted by atomic mass is 10.2. The number of thiocarbonyl (C=S) groups is 1. The molecule has 8 nitrogen and oxygen atoms in total. The number of esters is 1. The van der Waals surface area contributed by atoms with E-state index in [1.807, 2.05) is 0 Å². The van der Waals surface area contributed by atoms with Crippen LogP contribution >= 0.6 is 12.2 Å². The molecule has 0 aromatic carbocycles. The Bertz CT molecular complexity index is 578. The lowest BCUT2D eigenvalue weighted by Crippen LogP contribution is -2.42. The van der Waals surface area contributed by atoms with E-state index in [1.54, 1.807) is 13.8 Å². The lowest BCUT2D eigenvalue weighted by molar-refractivity contribution is 0.0389. The molecule has 0 radical (unpaired) electrons. The van der Waals surface area contributed by atoms with Gasteiger partial charge in [0.05, 0.1) is 31.1 Å². The van der Waals surface area contributed by atoms with Gasteiger partial charge in [0.25, 0.3) is 0 Å². The second-order valence-corrected chi connectivity index (χ2v) is 5.66. The summed E-state index contributed by atoms with van der Waals surface area (Å²) >= 11 is 5.24. The highest BCUT2D eigenvalue weighted by Gasteiger charge is 2.13. The maximum atomic E-state index is 11.7. The van der Waals surface area contributed by atoms with Gasteiger partial charge >= 0.3 is 5.97 Å². The van der Waals surface area contributed by atoms with Gasteiger partial charge in [0.15, 0.2) is 5.11 Å². The Balaban J connectivity index is 1.78. The summed E-state index contributed by atoms with van der Waals surface area (Å²) in [6, 6.07) is 0. The van der Waals surface area contributed by atoms with E-state index in [0.29, 0.717) is 28.9 Å². The molecule has 132 valence electrons. The van der Waals surface area contributed by atoms with Gasteiger partial charge in [-0.05, 0) is 26.1 Å². The minimum Gasteiger partial charge on any atom is -0.462 e. The van der Waals surface area contributed by atoms with Crippen LogP contribution in [0.3, 0.4) is 0 Å². The monoisotopic (exact) mass is 353 g/mol. The van der Waals surface area contributed by atoms with Crippen LogP contribution < -0.4 is 10.6 Å². The van der Waals surface area contributed by atoms with Crippen molar-refractivity contribution in [2.45, 2.75) is 13.8 Å². The summed E-state index contributed by atoms with van der Waals surface area (Å²) in [6.45, 7) is 8.87. The Labute approximate surface area is 146 Å². The van der Waals surface area contributed by atoms with Crippen molar-refractivity contribution in [3.05, 3.63) is 17.5 Å². The van der Waals surface area contributed by atoms with Gasteiger partial charge < -0.3 is 20.1 Å². The fourth-order valence-corrected chi connectivity index (χ4v) is 2.43. The Kier molecular flexibility index (Phi) is 7.29. The molecule has 1 aliphatic heterocycles. The third kappa shape index (κ3) is 5.66. The molecule has 1 saturated heterocycles. The first-order valence-corrected chi connectivity index (χ1v) is 8.36. The van der Waals surface area contributed by atoms with Gasteiger partial charge in [0.2, 0.25) is 5.95 Å². The quantitative estimate of drug-likeness (QED) is 0.563. The van der Waals surface area contributed by atoms with Crippen molar-refractivity contribution in [1.29, 1.82) is 0 Å². The highest BCUT2D eigenvalue weighted by molar-refractivity contribution is 7.80. The molecular formula is C15H23N5O3S. The number of nitrogens with one attached hydrogen (secondary N) is 2. The lowest BCUT2D eigenvalue weighted by Gasteiger charge is -2.26. The molecule has 24 heavy (non-hydrogen) atoms. The molecule has 0 spiro atoms. The predicted molar refractivity (Wildman–Crippen MR) is 94.2 cm³/mol. The first-order chi connectivity index (χ1) is 11.6.